The third kappa shape index (κ3) is 2.81. The summed E-state index contributed by atoms with van der Waals surface area (Å²) in [5.41, 5.74) is 2.10. The van der Waals surface area contributed by atoms with Gasteiger partial charge in [0.2, 0.25) is 0 Å². The van der Waals surface area contributed by atoms with E-state index in [1.54, 1.807) is 14.0 Å². The fraction of sp³-hybridized carbons (Fsp3) is 0.417. The lowest BCUT2D eigenvalue weighted by Gasteiger charge is -2.11. The number of aryl methyl sites for hydroxylation is 1. The number of hydrogen-bond donors (Lipinski definition) is 0. The molecule has 3 heteroatoms. The van der Waals surface area contributed by atoms with E-state index in [4.69, 9.17) is 4.74 Å². The summed E-state index contributed by atoms with van der Waals surface area (Å²) in [6, 6.07) is 5.88. The van der Waals surface area contributed by atoms with Gasteiger partial charge < -0.3 is 4.74 Å². The number of hydrogen-bond acceptors (Lipinski definition) is 2. The zero-order chi connectivity index (χ0) is 11.4. The Morgan fingerprint density at radius 1 is 1.53 bits per heavy atom. The van der Waals surface area contributed by atoms with Gasteiger partial charge in [0.05, 0.1) is 11.9 Å². The molecular weight excluding hydrogens is 256 g/mol. The lowest BCUT2D eigenvalue weighted by atomic mass is 10.0. The molecular formula is C12H15BrO2. The summed E-state index contributed by atoms with van der Waals surface area (Å²) in [5, 5.41) is 0. The van der Waals surface area contributed by atoms with E-state index < -0.39 is 0 Å². The van der Waals surface area contributed by atoms with Gasteiger partial charge in [0.15, 0.2) is 0 Å². The van der Waals surface area contributed by atoms with Gasteiger partial charge in [-0.1, -0.05) is 35.0 Å². The molecule has 0 saturated carbocycles. The van der Waals surface area contributed by atoms with Crippen LogP contribution in [0.2, 0.25) is 0 Å². The van der Waals surface area contributed by atoms with Crippen LogP contribution in [0.5, 0.6) is 5.75 Å². The molecule has 0 heterocycles. The third-order valence-corrected chi connectivity index (χ3v) is 3.52. The number of carbonyl (C=O) groups is 1. The molecule has 1 rings (SSSR count). The molecule has 82 valence electrons. The van der Waals surface area contributed by atoms with Crippen molar-refractivity contribution < 1.29 is 9.53 Å². The summed E-state index contributed by atoms with van der Waals surface area (Å²) in [7, 11) is 1.65. The van der Waals surface area contributed by atoms with Crippen LogP contribution in [0.1, 0.15) is 29.8 Å². The van der Waals surface area contributed by atoms with Gasteiger partial charge in [-0.2, -0.15) is 0 Å². The van der Waals surface area contributed by atoms with Crippen molar-refractivity contribution in [1.82, 2.24) is 0 Å². The Morgan fingerprint density at radius 2 is 2.20 bits per heavy atom. The van der Waals surface area contributed by atoms with Crippen LogP contribution in [-0.2, 0) is 11.2 Å². The third-order valence-electron chi connectivity index (χ3n) is 2.34. The van der Waals surface area contributed by atoms with E-state index in [0.717, 1.165) is 23.3 Å². The minimum absolute atomic E-state index is 0.0984. The minimum Gasteiger partial charge on any atom is -0.496 e. The number of ether oxygens (including phenoxy) is 1. The predicted octanol–water partition coefficient (Wildman–Crippen LogP) is 3.28. The van der Waals surface area contributed by atoms with Crippen LogP contribution < -0.4 is 4.74 Å². The molecule has 0 aliphatic carbocycles. The fourth-order valence-electron chi connectivity index (χ4n) is 1.45. The fourth-order valence-corrected chi connectivity index (χ4v) is 1.73. The Labute approximate surface area is 98.8 Å². The molecule has 0 N–H and O–H groups in total. The molecule has 1 unspecified atom stereocenters. The average molecular weight is 271 g/mol. The van der Waals surface area contributed by atoms with Crippen molar-refractivity contribution in [3.05, 3.63) is 29.3 Å². The van der Waals surface area contributed by atoms with Crippen molar-refractivity contribution >= 4 is 21.7 Å². The maximum Gasteiger partial charge on any atom is 0.147 e. The van der Waals surface area contributed by atoms with E-state index in [9.17, 15) is 4.79 Å². The maximum atomic E-state index is 11.2. The van der Waals surface area contributed by atoms with Gasteiger partial charge in [0.25, 0.3) is 0 Å². The number of methoxy groups -OCH3 is 1. The quantitative estimate of drug-likeness (QED) is 0.785. The van der Waals surface area contributed by atoms with E-state index in [1.165, 1.54) is 0 Å². The molecule has 0 aromatic heterocycles. The number of Topliss-reactive ketones (excluding diaryl/α,β-unsaturated/α-hetero) is 1. The van der Waals surface area contributed by atoms with Crippen LogP contribution in [0, 0.1) is 0 Å². The second-order valence-electron chi connectivity index (χ2n) is 3.40. The highest BCUT2D eigenvalue weighted by atomic mass is 79.9. The van der Waals surface area contributed by atoms with Crippen LogP contribution in [0.4, 0.5) is 0 Å². The second-order valence-corrected chi connectivity index (χ2v) is 4.31. The van der Waals surface area contributed by atoms with Crippen LogP contribution >= 0.6 is 15.9 Å². The summed E-state index contributed by atoms with van der Waals surface area (Å²) in [5.74, 6) is 0.946. The van der Waals surface area contributed by atoms with Crippen LogP contribution in [0.3, 0.4) is 0 Å². The summed E-state index contributed by atoms with van der Waals surface area (Å²) in [6.45, 7) is 3.65. The first-order valence-corrected chi connectivity index (χ1v) is 5.83. The highest BCUT2D eigenvalue weighted by Gasteiger charge is 2.14. The highest BCUT2D eigenvalue weighted by Crippen LogP contribution is 2.29. The number of ketones is 1. The number of rotatable bonds is 4. The van der Waals surface area contributed by atoms with Crippen molar-refractivity contribution in [1.29, 1.82) is 0 Å². The van der Waals surface area contributed by atoms with Gasteiger partial charge in [-0.25, -0.2) is 0 Å². The van der Waals surface area contributed by atoms with Crippen molar-refractivity contribution in [2.24, 2.45) is 0 Å². The van der Waals surface area contributed by atoms with E-state index in [2.05, 4.69) is 22.9 Å². The summed E-state index contributed by atoms with van der Waals surface area (Å²) in [6.07, 6.45) is 0.927. The molecule has 0 radical (unpaired) electrons. The highest BCUT2D eigenvalue weighted by molar-refractivity contribution is 9.09. The molecule has 0 aliphatic heterocycles. The smallest absolute Gasteiger partial charge is 0.147 e. The minimum atomic E-state index is -0.239. The first-order chi connectivity index (χ1) is 7.10. The van der Waals surface area contributed by atoms with Gasteiger partial charge >= 0.3 is 0 Å². The Morgan fingerprint density at radius 3 is 2.67 bits per heavy atom. The number of alkyl halides is 1. The zero-order valence-corrected chi connectivity index (χ0v) is 10.8. The molecule has 0 spiro atoms. The first kappa shape index (κ1) is 12.2. The number of carbonyl (C=O) groups excluding carboxylic acids is 1. The van der Waals surface area contributed by atoms with Crippen molar-refractivity contribution in [3.8, 4) is 5.75 Å². The molecule has 1 aromatic carbocycles. The normalized spacial score (nSPS) is 12.3. The van der Waals surface area contributed by atoms with Crippen LogP contribution in [0.15, 0.2) is 18.2 Å². The molecule has 1 aromatic rings. The molecule has 0 amide bonds. The zero-order valence-electron chi connectivity index (χ0n) is 9.21. The summed E-state index contributed by atoms with van der Waals surface area (Å²) >= 11 is 3.36. The Bertz CT molecular complexity index is 361. The molecule has 1 atom stereocenters. The van der Waals surface area contributed by atoms with Gasteiger partial charge in [0.1, 0.15) is 11.5 Å². The monoisotopic (exact) mass is 270 g/mol. The van der Waals surface area contributed by atoms with Crippen molar-refractivity contribution in [3.63, 3.8) is 0 Å². The predicted molar refractivity (Wildman–Crippen MR) is 64.7 cm³/mol. The largest absolute Gasteiger partial charge is 0.496 e. The summed E-state index contributed by atoms with van der Waals surface area (Å²) in [4.78, 5) is 11.0. The maximum absolute atomic E-state index is 11.2. The van der Waals surface area contributed by atoms with E-state index in [-0.39, 0.29) is 10.6 Å². The summed E-state index contributed by atoms with van der Waals surface area (Å²) < 4.78 is 5.27. The number of benzene rings is 1. The van der Waals surface area contributed by atoms with Gasteiger partial charge in [-0.3, -0.25) is 4.79 Å². The molecule has 0 bridgehead atoms. The first-order valence-electron chi connectivity index (χ1n) is 4.91. The number of halogens is 1. The Kier molecular flexibility index (Phi) is 4.33. The standard InChI is InChI=1S/C12H15BrO2/c1-4-9-5-6-10(7-11(9)15-3)12(13)8(2)14/h5-7,12H,4H2,1-3H3. The van der Waals surface area contributed by atoms with Gasteiger partial charge in [0, 0.05) is 0 Å². The van der Waals surface area contributed by atoms with Gasteiger partial charge in [-0.15, -0.1) is 0 Å². The molecule has 0 aliphatic rings. The Balaban J connectivity index is 3.07. The van der Waals surface area contributed by atoms with E-state index >= 15 is 0 Å². The van der Waals surface area contributed by atoms with E-state index in [1.807, 2.05) is 18.2 Å². The molecule has 0 saturated heterocycles. The van der Waals surface area contributed by atoms with Crippen molar-refractivity contribution in [2.75, 3.05) is 7.11 Å². The van der Waals surface area contributed by atoms with Gasteiger partial charge in [-0.05, 0) is 30.5 Å². The topological polar surface area (TPSA) is 26.3 Å². The molecule has 15 heavy (non-hydrogen) atoms. The molecule has 2 nitrogen and oxygen atoms in total. The lowest BCUT2D eigenvalue weighted by Crippen LogP contribution is -2.02. The Hall–Kier alpha value is -0.830. The lowest BCUT2D eigenvalue weighted by molar-refractivity contribution is -0.116. The van der Waals surface area contributed by atoms with E-state index in [0.29, 0.717) is 0 Å². The second kappa shape index (κ2) is 5.31. The SMILES string of the molecule is CCc1ccc(C(Br)C(C)=O)cc1OC. The molecule has 0 fully saturated rings. The van der Waals surface area contributed by atoms with Crippen LogP contribution in [-0.4, -0.2) is 12.9 Å². The average Bonchev–Trinajstić information content (AvgIpc) is 2.26. The van der Waals surface area contributed by atoms with Crippen molar-refractivity contribution in [2.45, 2.75) is 25.1 Å². The van der Waals surface area contributed by atoms with Crippen LogP contribution in [0.25, 0.3) is 0 Å².